The maximum atomic E-state index is 12.7. The monoisotopic (exact) mass is 347 g/mol. The first-order valence-electron chi connectivity index (χ1n) is 10.5. The van der Waals surface area contributed by atoms with E-state index in [1.54, 1.807) is 0 Å². The van der Waals surface area contributed by atoms with Crippen LogP contribution in [-0.4, -0.2) is 60.4 Å². The van der Waals surface area contributed by atoms with Crippen LogP contribution in [0.3, 0.4) is 0 Å². The zero-order chi connectivity index (χ0) is 17.2. The fourth-order valence-electron chi connectivity index (χ4n) is 4.97. The molecule has 2 saturated carbocycles. The molecule has 2 amide bonds. The number of hydrogen-bond acceptors (Lipinski definition) is 3. The fourth-order valence-corrected chi connectivity index (χ4v) is 4.97. The van der Waals surface area contributed by atoms with E-state index in [1.165, 1.54) is 32.2 Å². The number of likely N-dealkylation sites (tertiary alicyclic amines) is 2. The highest BCUT2D eigenvalue weighted by molar-refractivity contribution is 5.83. The van der Waals surface area contributed by atoms with Crippen LogP contribution in [0.15, 0.2) is 0 Å². The fraction of sp³-hybridized carbons (Fsp3) is 0.900. The SMILES string of the molecule is O=C(N[C@@H]1CCN(CC2CCCC2)C1)[C@H]1CCCN(C(=O)C2CC2)C1. The molecule has 0 aromatic heterocycles. The summed E-state index contributed by atoms with van der Waals surface area (Å²) in [6.45, 7) is 4.84. The van der Waals surface area contributed by atoms with E-state index in [4.69, 9.17) is 0 Å². The second kappa shape index (κ2) is 7.65. The summed E-state index contributed by atoms with van der Waals surface area (Å²) < 4.78 is 0. The Bertz CT molecular complexity index is 499. The van der Waals surface area contributed by atoms with Crippen LogP contribution >= 0.6 is 0 Å². The van der Waals surface area contributed by atoms with E-state index in [9.17, 15) is 9.59 Å². The highest BCUT2D eigenvalue weighted by atomic mass is 16.2. The number of carbonyl (C=O) groups excluding carboxylic acids is 2. The maximum absolute atomic E-state index is 12.7. The molecule has 5 heteroatoms. The Morgan fingerprint density at radius 1 is 0.840 bits per heavy atom. The van der Waals surface area contributed by atoms with E-state index in [2.05, 4.69) is 10.2 Å². The molecule has 4 fully saturated rings. The predicted molar refractivity (Wildman–Crippen MR) is 97.0 cm³/mol. The van der Waals surface area contributed by atoms with Gasteiger partial charge >= 0.3 is 0 Å². The second-order valence-corrected chi connectivity index (χ2v) is 8.80. The Morgan fingerprint density at radius 3 is 2.40 bits per heavy atom. The van der Waals surface area contributed by atoms with Gasteiger partial charge in [0.25, 0.3) is 0 Å². The summed E-state index contributed by atoms with van der Waals surface area (Å²) in [6.07, 6.45) is 10.6. The van der Waals surface area contributed by atoms with Gasteiger partial charge in [-0.3, -0.25) is 9.59 Å². The first-order chi connectivity index (χ1) is 12.2. The summed E-state index contributed by atoms with van der Waals surface area (Å²) in [5, 5.41) is 3.29. The summed E-state index contributed by atoms with van der Waals surface area (Å²) in [5.41, 5.74) is 0. The Morgan fingerprint density at radius 2 is 1.64 bits per heavy atom. The van der Waals surface area contributed by atoms with Crippen LogP contribution in [0.2, 0.25) is 0 Å². The third kappa shape index (κ3) is 4.36. The maximum Gasteiger partial charge on any atom is 0.225 e. The molecule has 4 rings (SSSR count). The Kier molecular flexibility index (Phi) is 5.30. The number of piperidine rings is 1. The summed E-state index contributed by atoms with van der Waals surface area (Å²) in [4.78, 5) is 29.5. The van der Waals surface area contributed by atoms with Crippen molar-refractivity contribution >= 4 is 11.8 Å². The van der Waals surface area contributed by atoms with Crippen molar-refractivity contribution in [1.82, 2.24) is 15.1 Å². The van der Waals surface area contributed by atoms with Gasteiger partial charge in [-0.15, -0.1) is 0 Å². The van der Waals surface area contributed by atoms with Crippen LogP contribution in [-0.2, 0) is 9.59 Å². The van der Waals surface area contributed by atoms with Gasteiger partial charge in [0, 0.05) is 44.7 Å². The largest absolute Gasteiger partial charge is 0.352 e. The van der Waals surface area contributed by atoms with Crippen LogP contribution in [0, 0.1) is 17.8 Å². The first-order valence-corrected chi connectivity index (χ1v) is 10.5. The minimum Gasteiger partial charge on any atom is -0.352 e. The predicted octanol–water partition coefficient (Wildman–Crippen LogP) is 2.02. The van der Waals surface area contributed by atoms with E-state index in [-0.39, 0.29) is 17.7 Å². The topological polar surface area (TPSA) is 52.7 Å². The molecule has 0 radical (unpaired) electrons. The molecule has 2 saturated heterocycles. The van der Waals surface area contributed by atoms with Crippen LogP contribution in [0.4, 0.5) is 0 Å². The van der Waals surface area contributed by atoms with Crippen LogP contribution in [0.25, 0.3) is 0 Å². The first kappa shape index (κ1) is 17.3. The van der Waals surface area contributed by atoms with Crippen molar-refractivity contribution in [3.05, 3.63) is 0 Å². The molecule has 0 bridgehead atoms. The summed E-state index contributed by atoms with van der Waals surface area (Å²) in [6, 6.07) is 0.309. The Balaban J connectivity index is 1.22. The lowest BCUT2D eigenvalue weighted by Gasteiger charge is -2.32. The van der Waals surface area contributed by atoms with Crippen molar-refractivity contribution in [3.8, 4) is 0 Å². The number of rotatable bonds is 5. The number of hydrogen-bond donors (Lipinski definition) is 1. The standard InChI is InChI=1S/C20H33N3O2/c24-19(17-6-3-10-23(13-17)20(25)16-7-8-16)21-18-9-11-22(14-18)12-15-4-1-2-5-15/h15-18H,1-14H2,(H,21,24)/t17-,18+/m0/s1. The van der Waals surface area contributed by atoms with Crippen molar-refractivity contribution in [2.75, 3.05) is 32.7 Å². The smallest absolute Gasteiger partial charge is 0.225 e. The van der Waals surface area contributed by atoms with E-state index in [0.717, 1.165) is 57.7 Å². The third-order valence-corrected chi connectivity index (χ3v) is 6.64. The van der Waals surface area contributed by atoms with Gasteiger partial charge in [-0.1, -0.05) is 12.8 Å². The molecule has 0 aromatic rings. The van der Waals surface area contributed by atoms with Gasteiger partial charge < -0.3 is 15.1 Å². The zero-order valence-corrected chi connectivity index (χ0v) is 15.4. The lowest BCUT2D eigenvalue weighted by atomic mass is 9.96. The number of amides is 2. The molecule has 2 aliphatic heterocycles. The molecule has 140 valence electrons. The van der Waals surface area contributed by atoms with Gasteiger partial charge in [0.1, 0.15) is 0 Å². The Labute approximate surface area is 151 Å². The molecule has 0 unspecified atom stereocenters. The average molecular weight is 348 g/mol. The third-order valence-electron chi connectivity index (χ3n) is 6.64. The van der Waals surface area contributed by atoms with Crippen LogP contribution < -0.4 is 5.32 Å². The lowest BCUT2D eigenvalue weighted by Crippen LogP contribution is -2.48. The molecule has 2 atom stereocenters. The number of nitrogens with zero attached hydrogens (tertiary/aromatic N) is 2. The van der Waals surface area contributed by atoms with E-state index < -0.39 is 0 Å². The molecule has 0 aromatic carbocycles. The molecule has 1 N–H and O–H groups in total. The van der Waals surface area contributed by atoms with Crippen molar-refractivity contribution < 1.29 is 9.59 Å². The van der Waals surface area contributed by atoms with Gasteiger partial charge in [-0.2, -0.15) is 0 Å². The minimum atomic E-state index is 0.000307. The van der Waals surface area contributed by atoms with Gasteiger partial charge in [-0.05, 0) is 50.9 Å². The highest BCUT2D eigenvalue weighted by Crippen LogP contribution is 2.32. The van der Waals surface area contributed by atoms with E-state index in [1.807, 2.05) is 4.90 Å². The van der Waals surface area contributed by atoms with Gasteiger partial charge in [0.05, 0.1) is 5.92 Å². The summed E-state index contributed by atoms with van der Waals surface area (Å²) in [5.74, 6) is 1.62. The molecule has 2 aliphatic carbocycles. The molecule has 0 spiro atoms. The van der Waals surface area contributed by atoms with E-state index >= 15 is 0 Å². The summed E-state index contributed by atoms with van der Waals surface area (Å²) >= 11 is 0. The molecule has 5 nitrogen and oxygen atoms in total. The van der Waals surface area contributed by atoms with Crippen LogP contribution in [0.5, 0.6) is 0 Å². The normalized spacial score (nSPS) is 31.4. The minimum absolute atomic E-state index is 0.000307. The van der Waals surface area contributed by atoms with E-state index in [0.29, 0.717) is 18.5 Å². The lowest BCUT2D eigenvalue weighted by molar-refractivity contribution is -0.137. The van der Waals surface area contributed by atoms with Crippen molar-refractivity contribution in [2.24, 2.45) is 17.8 Å². The molecular weight excluding hydrogens is 314 g/mol. The Hall–Kier alpha value is -1.10. The molecule has 2 heterocycles. The molecule has 25 heavy (non-hydrogen) atoms. The van der Waals surface area contributed by atoms with Gasteiger partial charge in [0.15, 0.2) is 0 Å². The molecular formula is C20H33N3O2. The van der Waals surface area contributed by atoms with Crippen molar-refractivity contribution in [3.63, 3.8) is 0 Å². The quantitative estimate of drug-likeness (QED) is 0.828. The van der Waals surface area contributed by atoms with Gasteiger partial charge in [-0.25, -0.2) is 0 Å². The van der Waals surface area contributed by atoms with Crippen LogP contribution in [0.1, 0.15) is 57.8 Å². The summed E-state index contributed by atoms with van der Waals surface area (Å²) in [7, 11) is 0. The number of carbonyl (C=O) groups is 2. The highest BCUT2D eigenvalue weighted by Gasteiger charge is 2.37. The molecule has 4 aliphatic rings. The van der Waals surface area contributed by atoms with Crippen molar-refractivity contribution in [2.45, 2.75) is 63.8 Å². The van der Waals surface area contributed by atoms with Crippen molar-refractivity contribution in [1.29, 1.82) is 0 Å². The van der Waals surface area contributed by atoms with Gasteiger partial charge in [0.2, 0.25) is 11.8 Å². The zero-order valence-electron chi connectivity index (χ0n) is 15.4. The average Bonchev–Trinajstić information content (AvgIpc) is 3.19. The number of nitrogens with one attached hydrogen (secondary N) is 1. The second-order valence-electron chi connectivity index (χ2n) is 8.80.